The highest BCUT2D eigenvalue weighted by atomic mass is 19.1. The van der Waals surface area contributed by atoms with Crippen molar-refractivity contribution in [3.63, 3.8) is 0 Å². The number of rotatable bonds is 1. The van der Waals surface area contributed by atoms with Gasteiger partial charge in [-0.1, -0.05) is 6.07 Å². The van der Waals surface area contributed by atoms with Gasteiger partial charge in [0.1, 0.15) is 11.7 Å². The normalized spacial score (nSPS) is 18.9. The Kier molecular flexibility index (Phi) is 2.38. The van der Waals surface area contributed by atoms with E-state index in [1.54, 1.807) is 13.0 Å². The molecule has 0 aromatic heterocycles. The zero-order valence-electron chi connectivity index (χ0n) is 8.58. The minimum Gasteiger partial charge on any atom is -0.481 e. The molecule has 84 valence electrons. The molecule has 1 aliphatic rings. The first-order valence-corrected chi connectivity index (χ1v) is 4.81. The van der Waals surface area contributed by atoms with E-state index in [1.165, 1.54) is 6.07 Å². The number of carboxylic acids is 1. The summed E-state index contributed by atoms with van der Waals surface area (Å²) < 4.78 is 13.2. The number of fused-ring (bicyclic) bond motifs is 1. The van der Waals surface area contributed by atoms with Crippen LogP contribution in [0.4, 0.5) is 10.1 Å². The number of benzene rings is 1. The van der Waals surface area contributed by atoms with E-state index < -0.39 is 23.6 Å². The molecule has 0 bridgehead atoms. The van der Waals surface area contributed by atoms with Crippen LogP contribution in [0.15, 0.2) is 12.1 Å². The fourth-order valence-corrected chi connectivity index (χ4v) is 1.76. The van der Waals surface area contributed by atoms with Gasteiger partial charge in [-0.15, -0.1) is 0 Å². The van der Waals surface area contributed by atoms with E-state index >= 15 is 0 Å². The second kappa shape index (κ2) is 3.59. The number of aryl methyl sites for hydroxylation is 1. The summed E-state index contributed by atoms with van der Waals surface area (Å²) in [7, 11) is 0. The van der Waals surface area contributed by atoms with Crippen LogP contribution < -0.4 is 5.32 Å². The summed E-state index contributed by atoms with van der Waals surface area (Å²) in [6.45, 7) is 1.60. The molecular formula is C11H10FNO3. The lowest BCUT2D eigenvalue weighted by Gasteiger charge is -2.22. The highest BCUT2D eigenvalue weighted by Crippen LogP contribution is 2.28. The van der Waals surface area contributed by atoms with Crippen molar-refractivity contribution in [2.75, 3.05) is 5.32 Å². The van der Waals surface area contributed by atoms with Crippen molar-refractivity contribution in [3.05, 3.63) is 29.1 Å². The highest BCUT2D eigenvalue weighted by molar-refractivity contribution is 6.06. The average molecular weight is 223 g/mol. The van der Waals surface area contributed by atoms with Gasteiger partial charge < -0.3 is 10.4 Å². The number of hydrogen-bond acceptors (Lipinski definition) is 2. The van der Waals surface area contributed by atoms with Crippen LogP contribution in [0.25, 0.3) is 0 Å². The molecule has 0 aliphatic carbocycles. The van der Waals surface area contributed by atoms with Crippen molar-refractivity contribution >= 4 is 17.6 Å². The summed E-state index contributed by atoms with van der Waals surface area (Å²) in [6, 6.07) is 2.79. The third-order valence-electron chi connectivity index (χ3n) is 2.68. The van der Waals surface area contributed by atoms with Gasteiger partial charge in [0.05, 0.1) is 0 Å². The maximum atomic E-state index is 13.2. The first kappa shape index (κ1) is 10.6. The number of amides is 1. The van der Waals surface area contributed by atoms with E-state index in [0.29, 0.717) is 16.8 Å². The van der Waals surface area contributed by atoms with E-state index in [-0.39, 0.29) is 6.42 Å². The molecule has 0 radical (unpaired) electrons. The second-order valence-electron chi connectivity index (χ2n) is 3.84. The van der Waals surface area contributed by atoms with Crippen LogP contribution >= 0.6 is 0 Å². The van der Waals surface area contributed by atoms with Crippen molar-refractivity contribution in [2.24, 2.45) is 5.92 Å². The average Bonchev–Trinajstić information content (AvgIpc) is 2.19. The molecule has 4 nitrogen and oxygen atoms in total. The van der Waals surface area contributed by atoms with E-state index in [9.17, 15) is 14.0 Å². The summed E-state index contributed by atoms with van der Waals surface area (Å²) in [5, 5.41) is 11.2. The number of carboxylic acid groups (broad SMARTS) is 1. The van der Waals surface area contributed by atoms with Gasteiger partial charge in [-0.2, -0.15) is 0 Å². The summed E-state index contributed by atoms with van der Waals surface area (Å²) in [5.41, 5.74) is 1.47. The molecule has 1 aromatic rings. The minimum atomic E-state index is -1.16. The predicted molar refractivity (Wildman–Crippen MR) is 54.6 cm³/mol. The molecule has 1 atom stereocenters. The molecule has 0 saturated heterocycles. The van der Waals surface area contributed by atoms with Crippen LogP contribution in [0.2, 0.25) is 0 Å². The number of aliphatic carboxylic acids is 1. The van der Waals surface area contributed by atoms with Gasteiger partial charge in [0.2, 0.25) is 5.91 Å². The van der Waals surface area contributed by atoms with Crippen LogP contribution in [0.3, 0.4) is 0 Å². The smallest absolute Gasteiger partial charge is 0.316 e. The molecule has 1 aromatic carbocycles. The lowest BCUT2D eigenvalue weighted by atomic mass is 9.92. The molecule has 1 amide bonds. The largest absolute Gasteiger partial charge is 0.481 e. The quantitative estimate of drug-likeness (QED) is 0.706. The Balaban J connectivity index is 2.43. The van der Waals surface area contributed by atoms with Crippen molar-refractivity contribution < 1.29 is 19.1 Å². The topological polar surface area (TPSA) is 66.4 Å². The molecular weight excluding hydrogens is 213 g/mol. The Morgan fingerprint density at radius 1 is 1.56 bits per heavy atom. The van der Waals surface area contributed by atoms with Gasteiger partial charge in [-0.3, -0.25) is 9.59 Å². The van der Waals surface area contributed by atoms with Crippen LogP contribution in [0, 0.1) is 18.7 Å². The standard InChI is InChI=1S/C11H10FNO3/c1-5-2-6-3-7(11(15)16)10(14)13-9(6)4-8(5)12/h2,4,7H,3H2,1H3,(H,13,14)(H,15,16). The van der Waals surface area contributed by atoms with E-state index in [2.05, 4.69) is 5.32 Å². The molecule has 0 spiro atoms. The van der Waals surface area contributed by atoms with Gasteiger partial charge in [0.25, 0.3) is 0 Å². The van der Waals surface area contributed by atoms with Gasteiger partial charge in [0, 0.05) is 5.69 Å². The zero-order valence-corrected chi connectivity index (χ0v) is 8.58. The number of nitrogens with one attached hydrogen (secondary N) is 1. The molecule has 1 aliphatic heterocycles. The zero-order chi connectivity index (χ0) is 11.9. The summed E-state index contributed by atoms with van der Waals surface area (Å²) in [4.78, 5) is 22.2. The van der Waals surface area contributed by atoms with Crippen LogP contribution in [-0.2, 0) is 16.0 Å². The van der Waals surface area contributed by atoms with Crippen molar-refractivity contribution in [1.82, 2.24) is 0 Å². The van der Waals surface area contributed by atoms with Crippen molar-refractivity contribution in [1.29, 1.82) is 0 Å². The Morgan fingerprint density at radius 2 is 2.25 bits per heavy atom. The Morgan fingerprint density at radius 3 is 2.88 bits per heavy atom. The Hall–Kier alpha value is -1.91. The van der Waals surface area contributed by atoms with Gasteiger partial charge in [-0.25, -0.2) is 4.39 Å². The number of carbonyl (C=O) groups excluding carboxylic acids is 1. The van der Waals surface area contributed by atoms with E-state index in [4.69, 9.17) is 5.11 Å². The lowest BCUT2D eigenvalue weighted by Crippen LogP contribution is -2.35. The highest BCUT2D eigenvalue weighted by Gasteiger charge is 2.32. The maximum absolute atomic E-state index is 13.2. The number of anilines is 1. The number of halogens is 1. The summed E-state index contributed by atoms with van der Waals surface area (Å²) in [5.74, 6) is -3.25. The SMILES string of the molecule is Cc1cc2c(cc1F)NC(=O)C(C(=O)O)C2. The first-order valence-electron chi connectivity index (χ1n) is 4.81. The van der Waals surface area contributed by atoms with Crippen molar-refractivity contribution in [2.45, 2.75) is 13.3 Å². The van der Waals surface area contributed by atoms with Crippen LogP contribution in [0.5, 0.6) is 0 Å². The molecule has 0 fully saturated rings. The van der Waals surface area contributed by atoms with Gasteiger partial charge in [0.15, 0.2) is 0 Å². The monoisotopic (exact) mass is 223 g/mol. The summed E-state index contributed by atoms with van der Waals surface area (Å²) in [6.07, 6.45) is 0.109. The fraction of sp³-hybridized carbons (Fsp3) is 0.273. The fourth-order valence-electron chi connectivity index (χ4n) is 1.76. The van der Waals surface area contributed by atoms with E-state index in [1.807, 2.05) is 0 Å². The Bertz CT molecular complexity index is 484. The molecule has 0 saturated carbocycles. The molecule has 2 rings (SSSR count). The third-order valence-corrected chi connectivity index (χ3v) is 2.68. The molecule has 5 heteroatoms. The molecule has 2 N–H and O–H groups in total. The Labute approximate surface area is 91.1 Å². The maximum Gasteiger partial charge on any atom is 0.316 e. The second-order valence-corrected chi connectivity index (χ2v) is 3.84. The minimum absolute atomic E-state index is 0.109. The number of carbonyl (C=O) groups is 2. The van der Waals surface area contributed by atoms with Crippen molar-refractivity contribution in [3.8, 4) is 0 Å². The first-order chi connectivity index (χ1) is 7.49. The molecule has 16 heavy (non-hydrogen) atoms. The van der Waals surface area contributed by atoms with E-state index in [0.717, 1.165) is 0 Å². The van der Waals surface area contributed by atoms with Gasteiger partial charge >= 0.3 is 5.97 Å². The van der Waals surface area contributed by atoms with Crippen LogP contribution in [0.1, 0.15) is 11.1 Å². The predicted octanol–water partition coefficient (Wildman–Crippen LogP) is 1.33. The summed E-state index contributed by atoms with van der Waals surface area (Å²) >= 11 is 0. The van der Waals surface area contributed by atoms with Crippen LogP contribution in [-0.4, -0.2) is 17.0 Å². The molecule has 1 heterocycles. The third kappa shape index (κ3) is 1.64. The number of hydrogen-bond donors (Lipinski definition) is 2. The lowest BCUT2D eigenvalue weighted by molar-refractivity contribution is -0.145. The molecule has 1 unspecified atom stereocenters. The van der Waals surface area contributed by atoms with Gasteiger partial charge in [-0.05, 0) is 30.5 Å².